The Labute approximate surface area is 138 Å². The Kier molecular flexibility index (Phi) is 3.88. The van der Waals surface area contributed by atoms with Gasteiger partial charge in [-0.25, -0.2) is 0 Å². The fourth-order valence-electron chi connectivity index (χ4n) is 2.49. The van der Waals surface area contributed by atoms with Crippen molar-refractivity contribution < 1.29 is 4.79 Å². The second-order valence-corrected chi connectivity index (χ2v) is 8.39. The number of nitrogens with zero attached hydrogens (tertiary/aromatic N) is 1. The molecule has 1 amide bonds. The number of carbonyl (C=O) groups excluding carboxylic acids is 1. The van der Waals surface area contributed by atoms with Crippen LogP contribution in [-0.4, -0.2) is 12.5 Å². The number of fused-ring (bicyclic) bond motifs is 1. The van der Waals surface area contributed by atoms with Crippen LogP contribution >= 0.6 is 43.2 Å². The van der Waals surface area contributed by atoms with Gasteiger partial charge in [0.05, 0.1) is 13.1 Å². The maximum atomic E-state index is 12.7. The molecule has 1 aromatic heterocycles. The van der Waals surface area contributed by atoms with E-state index in [1.807, 2.05) is 29.2 Å². The van der Waals surface area contributed by atoms with E-state index < -0.39 is 0 Å². The van der Waals surface area contributed by atoms with E-state index in [1.165, 1.54) is 11.3 Å². The van der Waals surface area contributed by atoms with E-state index in [0.717, 1.165) is 43.9 Å². The Hall–Kier alpha value is -0.850. The van der Waals surface area contributed by atoms with Crippen LogP contribution in [0, 0.1) is 0 Å². The summed E-state index contributed by atoms with van der Waals surface area (Å²) in [5.41, 5.74) is 9.51. The van der Waals surface area contributed by atoms with E-state index >= 15 is 0 Å². The van der Waals surface area contributed by atoms with Crippen LogP contribution in [0.2, 0.25) is 0 Å². The number of nitrogens with two attached hydrogens (primary N) is 1. The highest BCUT2D eigenvalue weighted by Gasteiger charge is 2.26. The molecule has 3 nitrogen and oxygen atoms in total. The van der Waals surface area contributed by atoms with Crippen molar-refractivity contribution in [3.05, 3.63) is 43.0 Å². The van der Waals surface area contributed by atoms with E-state index in [4.69, 9.17) is 5.73 Å². The largest absolute Gasteiger partial charge is 0.398 e. The minimum absolute atomic E-state index is 0.0189. The van der Waals surface area contributed by atoms with Crippen LogP contribution in [0.15, 0.2) is 31.8 Å². The van der Waals surface area contributed by atoms with E-state index in [0.29, 0.717) is 5.56 Å². The number of carbonyl (C=O) groups is 1. The standard InChI is InChI=1S/C14H12Br2N2OS/c15-12-7-9(13(16)20-12)14(19)18-6-2-3-8-10(17)4-1-5-11(8)18/h1,4-5,7H,2-3,6,17H2. The summed E-state index contributed by atoms with van der Waals surface area (Å²) in [7, 11) is 0. The van der Waals surface area contributed by atoms with Gasteiger partial charge in [0.1, 0.15) is 0 Å². The van der Waals surface area contributed by atoms with Crippen LogP contribution in [0.5, 0.6) is 0 Å². The minimum atomic E-state index is 0.0189. The van der Waals surface area contributed by atoms with Crippen molar-refractivity contribution in [3.8, 4) is 0 Å². The number of hydrogen-bond acceptors (Lipinski definition) is 3. The maximum Gasteiger partial charge on any atom is 0.260 e. The van der Waals surface area contributed by atoms with Crippen LogP contribution in [0.1, 0.15) is 22.3 Å². The molecule has 20 heavy (non-hydrogen) atoms. The van der Waals surface area contributed by atoms with E-state index in [1.54, 1.807) is 0 Å². The Bertz CT molecular complexity index is 684. The average molecular weight is 416 g/mol. The topological polar surface area (TPSA) is 46.3 Å². The van der Waals surface area contributed by atoms with Gasteiger partial charge < -0.3 is 10.6 Å². The summed E-state index contributed by atoms with van der Waals surface area (Å²) in [6.45, 7) is 0.731. The molecule has 0 bridgehead atoms. The average Bonchev–Trinajstić information content (AvgIpc) is 2.77. The van der Waals surface area contributed by atoms with Crippen LogP contribution in [0.4, 0.5) is 11.4 Å². The third-order valence-electron chi connectivity index (χ3n) is 3.42. The SMILES string of the molecule is Nc1cccc2c1CCCN2C(=O)c1cc(Br)sc1Br. The number of nitrogen functional groups attached to an aromatic ring is 1. The highest BCUT2D eigenvalue weighted by Crippen LogP contribution is 2.36. The molecule has 0 saturated carbocycles. The van der Waals surface area contributed by atoms with Gasteiger partial charge in [-0.05, 0) is 68.5 Å². The number of anilines is 2. The molecule has 1 aromatic carbocycles. The first kappa shape index (κ1) is 14.1. The lowest BCUT2D eigenvalue weighted by molar-refractivity contribution is 0.0985. The van der Waals surface area contributed by atoms with Crippen molar-refractivity contribution in [1.29, 1.82) is 0 Å². The summed E-state index contributed by atoms with van der Waals surface area (Å²) in [4.78, 5) is 14.6. The molecule has 1 aliphatic heterocycles. The highest BCUT2D eigenvalue weighted by atomic mass is 79.9. The maximum absolute atomic E-state index is 12.7. The number of rotatable bonds is 1. The van der Waals surface area contributed by atoms with Crippen molar-refractivity contribution >= 4 is 60.5 Å². The zero-order valence-corrected chi connectivity index (χ0v) is 14.5. The molecule has 2 N–H and O–H groups in total. The summed E-state index contributed by atoms with van der Waals surface area (Å²) >= 11 is 8.38. The molecule has 0 fully saturated rings. The zero-order valence-electron chi connectivity index (χ0n) is 10.5. The number of hydrogen-bond donors (Lipinski definition) is 1. The molecule has 2 heterocycles. The van der Waals surface area contributed by atoms with Crippen molar-refractivity contribution in [2.75, 3.05) is 17.2 Å². The number of benzene rings is 1. The molecule has 104 valence electrons. The Morgan fingerprint density at radius 1 is 1.35 bits per heavy atom. The minimum Gasteiger partial charge on any atom is -0.398 e. The zero-order chi connectivity index (χ0) is 14.3. The molecular weight excluding hydrogens is 404 g/mol. The predicted molar refractivity (Wildman–Crippen MR) is 90.6 cm³/mol. The molecule has 0 spiro atoms. The summed E-state index contributed by atoms with van der Waals surface area (Å²) in [5.74, 6) is 0.0189. The van der Waals surface area contributed by atoms with Crippen molar-refractivity contribution in [1.82, 2.24) is 0 Å². The van der Waals surface area contributed by atoms with Gasteiger partial charge in [0.2, 0.25) is 0 Å². The van der Waals surface area contributed by atoms with Gasteiger partial charge in [0.15, 0.2) is 0 Å². The quantitative estimate of drug-likeness (QED) is 0.699. The van der Waals surface area contributed by atoms with Crippen LogP contribution in [0.3, 0.4) is 0 Å². The smallest absolute Gasteiger partial charge is 0.260 e. The van der Waals surface area contributed by atoms with E-state index in [9.17, 15) is 4.79 Å². The summed E-state index contributed by atoms with van der Waals surface area (Å²) < 4.78 is 1.79. The lowest BCUT2D eigenvalue weighted by Gasteiger charge is -2.30. The normalized spacial score (nSPS) is 14.2. The molecule has 0 unspecified atom stereocenters. The number of amides is 1. The van der Waals surface area contributed by atoms with Gasteiger partial charge >= 0.3 is 0 Å². The fraction of sp³-hybridized carbons (Fsp3) is 0.214. The van der Waals surface area contributed by atoms with Crippen molar-refractivity contribution in [3.63, 3.8) is 0 Å². The number of thiophene rings is 1. The molecule has 0 saturated heterocycles. The first-order valence-electron chi connectivity index (χ1n) is 6.22. The summed E-state index contributed by atoms with van der Waals surface area (Å²) in [6, 6.07) is 7.62. The fourth-order valence-corrected chi connectivity index (χ4v) is 5.27. The molecule has 1 aliphatic rings. The molecular formula is C14H12Br2N2OS. The van der Waals surface area contributed by atoms with Gasteiger partial charge in [-0.2, -0.15) is 0 Å². The third-order valence-corrected chi connectivity index (χ3v) is 5.76. The molecule has 2 aromatic rings. The lowest BCUT2D eigenvalue weighted by atomic mass is 9.99. The summed E-state index contributed by atoms with van der Waals surface area (Å²) in [5, 5.41) is 0. The third kappa shape index (κ3) is 2.40. The van der Waals surface area contributed by atoms with Gasteiger partial charge in [0.25, 0.3) is 5.91 Å². The van der Waals surface area contributed by atoms with Crippen LogP contribution in [-0.2, 0) is 6.42 Å². The van der Waals surface area contributed by atoms with Gasteiger partial charge in [-0.3, -0.25) is 4.79 Å². The Balaban J connectivity index is 2.03. The Morgan fingerprint density at radius 2 is 2.15 bits per heavy atom. The van der Waals surface area contributed by atoms with E-state index in [2.05, 4.69) is 31.9 Å². The van der Waals surface area contributed by atoms with E-state index in [-0.39, 0.29) is 5.91 Å². The lowest BCUT2D eigenvalue weighted by Crippen LogP contribution is -2.35. The molecule has 3 rings (SSSR count). The first-order valence-corrected chi connectivity index (χ1v) is 8.62. The molecule has 0 radical (unpaired) electrons. The van der Waals surface area contributed by atoms with Crippen LogP contribution in [0.25, 0.3) is 0 Å². The van der Waals surface area contributed by atoms with Gasteiger partial charge in [-0.1, -0.05) is 6.07 Å². The Morgan fingerprint density at radius 3 is 2.85 bits per heavy atom. The second kappa shape index (κ2) is 5.50. The predicted octanol–water partition coefficient (Wildman–Crippen LogP) is 4.45. The van der Waals surface area contributed by atoms with Gasteiger partial charge in [-0.15, -0.1) is 11.3 Å². The van der Waals surface area contributed by atoms with Crippen molar-refractivity contribution in [2.45, 2.75) is 12.8 Å². The molecule has 0 atom stereocenters. The molecule has 0 aliphatic carbocycles. The highest BCUT2D eigenvalue weighted by molar-refractivity contribution is 9.12. The van der Waals surface area contributed by atoms with Crippen LogP contribution < -0.4 is 10.6 Å². The van der Waals surface area contributed by atoms with Crippen molar-refractivity contribution in [2.24, 2.45) is 0 Å². The summed E-state index contributed by atoms with van der Waals surface area (Å²) in [6.07, 6.45) is 1.87. The monoisotopic (exact) mass is 414 g/mol. The first-order chi connectivity index (χ1) is 9.58. The second-order valence-electron chi connectivity index (χ2n) is 4.64. The molecule has 6 heteroatoms. The van der Waals surface area contributed by atoms with Gasteiger partial charge in [0, 0.05) is 17.9 Å². The number of halogens is 2.